The molecule has 1 atom stereocenters. The van der Waals surface area contributed by atoms with Crippen LogP contribution in [0.25, 0.3) is 0 Å². The van der Waals surface area contributed by atoms with Gasteiger partial charge < -0.3 is 10.4 Å². The minimum Gasteiger partial charge on any atom is -0.394 e. The molecule has 0 aliphatic rings. The van der Waals surface area contributed by atoms with Gasteiger partial charge in [0.2, 0.25) is 0 Å². The molecule has 7 heteroatoms. The van der Waals surface area contributed by atoms with Crippen LogP contribution in [0.4, 0.5) is 5.69 Å². The van der Waals surface area contributed by atoms with Crippen LogP contribution in [-0.4, -0.2) is 28.6 Å². The lowest BCUT2D eigenvalue weighted by Gasteiger charge is -2.13. The molecule has 0 radical (unpaired) electrons. The predicted octanol–water partition coefficient (Wildman–Crippen LogP) is 1.86. The van der Waals surface area contributed by atoms with E-state index < -0.39 is 10.8 Å². The average Bonchev–Trinajstić information content (AvgIpc) is 2.34. The van der Waals surface area contributed by atoms with Gasteiger partial charge in [0.05, 0.1) is 17.6 Å². The number of hydrogen-bond acceptors (Lipinski definition) is 4. The molecule has 0 aliphatic carbocycles. The van der Waals surface area contributed by atoms with Crippen LogP contribution in [0.5, 0.6) is 0 Å². The maximum atomic E-state index is 11.8. The van der Waals surface area contributed by atoms with Crippen molar-refractivity contribution in [1.82, 2.24) is 5.32 Å². The Kier molecular flexibility index (Phi) is 5.24. The topological polar surface area (TPSA) is 92.5 Å². The highest BCUT2D eigenvalue weighted by atomic mass is 79.9. The number of halogens is 1. The van der Waals surface area contributed by atoms with Crippen molar-refractivity contribution in [2.24, 2.45) is 0 Å². The van der Waals surface area contributed by atoms with Gasteiger partial charge in [-0.05, 0) is 12.5 Å². The molecule has 1 amide bonds. The summed E-state index contributed by atoms with van der Waals surface area (Å²) in [6.07, 6.45) is 0.582. The number of rotatable bonds is 5. The van der Waals surface area contributed by atoms with E-state index >= 15 is 0 Å². The Labute approximate surface area is 112 Å². The third-order valence-corrected chi connectivity index (χ3v) is 2.86. The number of hydrogen-bond donors (Lipinski definition) is 2. The molecule has 98 valence electrons. The van der Waals surface area contributed by atoms with Crippen LogP contribution in [0.15, 0.2) is 22.7 Å². The Balaban J connectivity index is 2.95. The minimum atomic E-state index is -0.565. The van der Waals surface area contributed by atoms with Crippen LogP contribution in [0.1, 0.15) is 23.7 Å². The van der Waals surface area contributed by atoms with E-state index in [2.05, 4.69) is 21.2 Å². The van der Waals surface area contributed by atoms with E-state index in [-0.39, 0.29) is 23.9 Å². The Bertz CT molecular complexity index is 460. The van der Waals surface area contributed by atoms with Crippen LogP contribution in [-0.2, 0) is 0 Å². The second-order valence-electron chi connectivity index (χ2n) is 3.72. The van der Waals surface area contributed by atoms with Gasteiger partial charge in [0, 0.05) is 22.2 Å². The van der Waals surface area contributed by atoms with Crippen molar-refractivity contribution < 1.29 is 14.8 Å². The number of aliphatic hydroxyl groups is 1. The Morgan fingerprint density at radius 3 is 2.72 bits per heavy atom. The third-order valence-electron chi connectivity index (χ3n) is 2.40. The summed E-state index contributed by atoms with van der Waals surface area (Å²) in [4.78, 5) is 21.9. The Hall–Kier alpha value is -1.47. The van der Waals surface area contributed by atoms with Gasteiger partial charge in [-0.3, -0.25) is 14.9 Å². The van der Waals surface area contributed by atoms with Crippen molar-refractivity contribution in [2.75, 3.05) is 6.61 Å². The first-order valence-electron chi connectivity index (χ1n) is 5.34. The second kappa shape index (κ2) is 6.46. The lowest BCUT2D eigenvalue weighted by molar-refractivity contribution is -0.385. The van der Waals surface area contributed by atoms with Gasteiger partial charge in [-0.2, -0.15) is 0 Å². The number of nitro groups is 1. The molecule has 0 saturated heterocycles. The maximum absolute atomic E-state index is 11.8. The smallest absolute Gasteiger partial charge is 0.271 e. The number of aliphatic hydroxyl groups excluding tert-OH is 1. The van der Waals surface area contributed by atoms with Gasteiger partial charge in [0.15, 0.2) is 0 Å². The zero-order valence-electron chi connectivity index (χ0n) is 9.72. The molecule has 0 aromatic heterocycles. The van der Waals surface area contributed by atoms with Crippen LogP contribution in [0, 0.1) is 10.1 Å². The summed E-state index contributed by atoms with van der Waals surface area (Å²) in [5, 5.41) is 22.3. The number of nitrogens with one attached hydrogen (secondary N) is 1. The second-order valence-corrected chi connectivity index (χ2v) is 4.63. The van der Waals surface area contributed by atoms with E-state index in [4.69, 9.17) is 5.11 Å². The van der Waals surface area contributed by atoms with Gasteiger partial charge in [0.25, 0.3) is 11.6 Å². The molecule has 0 fully saturated rings. The minimum absolute atomic E-state index is 0.161. The summed E-state index contributed by atoms with van der Waals surface area (Å²) >= 11 is 3.12. The first-order chi connectivity index (χ1) is 8.47. The highest BCUT2D eigenvalue weighted by Crippen LogP contribution is 2.21. The number of carbonyl (C=O) groups is 1. The van der Waals surface area contributed by atoms with Crippen LogP contribution < -0.4 is 5.32 Å². The standard InChI is InChI=1S/C11H13BrN2O4/c1-2-9(6-15)13-11(16)7-3-8(12)5-10(4-7)14(17)18/h3-5,9,15H,2,6H2,1H3,(H,13,16)/t9-/m0/s1. The van der Waals surface area contributed by atoms with Crippen molar-refractivity contribution in [3.63, 3.8) is 0 Å². The molecule has 1 aromatic carbocycles. The van der Waals surface area contributed by atoms with Gasteiger partial charge in [-0.15, -0.1) is 0 Å². The number of nitrogens with zero attached hydrogens (tertiary/aromatic N) is 1. The molecule has 0 aliphatic heterocycles. The van der Waals surface area contributed by atoms with Crippen molar-refractivity contribution in [2.45, 2.75) is 19.4 Å². The molecule has 2 N–H and O–H groups in total. The van der Waals surface area contributed by atoms with E-state index in [0.29, 0.717) is 10.9 Å². The summed E-state index contributed by atoms with van der Waals surface area (Å²) in [6, 6.07) is 3.66. The van der Waals surface area contributed by atoms with E-state index in [1.54, 1.807) is 0 Å². The fraction of sp³-hybridized carbons (Fsp3) is 0.364. The largest absolute Gasteiger partial charge is 0.394 e. The molecule has 1 rings (SSSR count). The van der Waals surface area contributed by atoms with Crippen LogP contribution in [0.3, 0.4) is 0 Å². The summed E-state index contributed by atoms with van der Waals surface area (Å²) in [6.45, 7) is 1.66. The molecule has 6 nitrogen and oxygen atoms in total. The average molecular weight is 317 g/mol. The summed E-state index contributed by atoms with van der Waals surface area (Å²) in [5.41, 5.74) is 0.0227. The number of non-ortho nitro benzene ring substituents is 1. The van der Waals surface area contributed by atoms with Crippen LogP contribution >= 0.6 is 15.9 Å². The molecule has 1 aromatic rings. The lowest BCUT2D eigenvalue weighted by Crippen LogP contribution is -2.36. The van der Waals surface area contributed by atoms with E-state index in [1.165, 1.54) is 18.2 Å². The predicted molar refractivity (Wildman–Crippen MR) is 69.4 cm³/mol. The summed E-state index contributed by atoms with van der Waals surface area (Å²) in [7, 11) is 0. The number of carbonyl (C=O) groups excluding carboxylic acids is 1. The molecule has 18 heavy (non-hydrogen) atoms. The fourth-order valence-corrected chi connectivity index (χ4v) is 1.84. The van der Waals surface area contributed by atoms with Crippen LogP contribution in [0.2, 0.25) is 0 Å². The molecular formula is C11H13BrN2O4. The zero-order valence-corrected chi connectivity index (χ0v) is 11.3. The van der Waals surface area contributed by atoms with Gasteiger partial charge in [-0.25, -0.2) is 0 Å². The van der Waals surface area contributed by atoms with Crippen molar-refractivity contribution in [1.29, 1.82) is 0 Å². The monoisotopic (exact) mass is 316 g/mol. The number of nitro benzene ring substituents is 1. The van der Waals surface area contributed by atoms with Gasteiger partial charge in [-0.1, -0.05) is 22.9 Å². The first-order valence-corrected chi connectivity index (χ1v) is 6.14. The molecule has 0 spiro atoms. The SMILES string of the molecule is CC[C@@H](CO)NC(=O)c1cc(Br)cc([N+](=O)[O-])c1. The lowest BCUT2D eigenvalue weighted by atomic mass is 10.1. The van der Waals surface area contributed by atoms with E-state index in [1.807, 2.05) is 6.92 Å². The number of benzene rings is 1. The Morgan fingerprint density at radius 2 is 2.22 bits per heavy atom. The van der Waals surface area contributed by atoms with Gasteiger partial charge >= 0.3 is 0 Å². The highest BCUT2D eigenvalue weighted by Gasteiger charge is 2.16. The van der Waals surface area contributed by atoms with Crippen molar-refractivity contribution in [3.8, 4) is 0 Å². The molecular weight excluding hydrogens is 304 g/mol. The highest BCUT2D eigenvalue weighted by molar-refractivity contribution is 9.10. The molecule has 0 heterocycles. The molecule has 0 unspecified atom stereocenters. The van der Waals surface area contributed by atoms with Crippen molar-refractivity contribution >= 4 is 27.5 Å². The Morgan fingerprint density at radius 1 is 1.56 bits per heavy atom. The molecule has 0 saturated carbocycles. The summed E-state index contributed by atoms with van der Waals surface area (Å²) in [5.74, 6) is -0.444. The summed E-state index contributed by atoms with van der Waals surface area (Å²) < 4.78 is 0.457. The number of amides is 1. The van der Waals surface area contributed by atoms with E-state index in [9.17, 15) is 14.9 Å². The maximum Gasteiger partial charge on any atom is 0.271 e. The van der Waals surface area contributed by atoms with Gasteiger partial charge in [0.1, 0.15) is 0 Å². The quantitative estimate of drug-likeness (QED) is 0.640. The first kappa shape index (κ1) is 14.6. The zero-order chi connectivity index (χ0) is 13.7. The van der Waals surface area contributed by atoms with Crippen molar-refractivity contribution in [3.05, 3.63) is 38.3 Å². The third kappa shape index (κ3) is 3.78. The molecule has 0 bridgehead atoms. The normalized spacial score (nSPS) is 11.9. The van der Waals surface area contributed by atoms with E-state index in [0.717, 1.165) is 0 Å². The fourth-order valence-electron chi connectivity index (χ4n) is 1.36.